The zero-order valence-electron chi connectivity index (χ0n) is 13.4. The van der Waals surface area contributed by atoms with Crippen molar-refractivity contribution in [3.05, 3.63) is 65.7 Å². The molecule has 2 aromatic rings. The highest BCUT2D eigenvalue weighted by atomic mass is 16.5. The van der Waals surface area contributed by atoms with E-state index in [2.05, 4.69) is 0 Å². The van der Waals surface area contributed by atoms with E-state index in [0.717, 1.165) is 0 Å². The second-order valence-electron chi connectivity index (χ2n) is 5.70. The predicted octanol–water partition coefficient (Wildman–Crippen LogP) is 3.53. The second kappa shape index (κ2) is 7.00. The Morgan fingerprint density at radius 2 is 1.79 bits per heavy atom. The summed E-state index contributed by atoms with van der Waals surface area (Å²) in [6.07, 6.45) is 2.92. The van der Waals surface area contributed by atoms with E-state index in [1.807, 2.05) is 0 Å². The van der Waals surface area contributed by atoms with Crippen LogP contribution in [0.4, 0.5) is 0 Å². The molecule has 5 heteroatoms. The molecule has 0 amide bonds. The van der Waals surface area contributed by atoms with E-state index in [0.29, 0.717) is 11.3 Å². The summed E-state index contributed by atoms with van der Waals surface area (Å²) in [7, 11) is 0. The van der Waals surface area contributed by atoms with Crippen LogP contribution in [0.25, 0.3) is 6.08 Å². The number of allylic oxidation sites excluding steroid dienone is 1. The number of phenolic OH excluding ortho intramolecular Hbond substituents is 1. The number of benzene rings is 2. The minimum absolute atomic E-state index is 0.0764. The Bertz CT molecular complexity index is 790. The minimum atomic E-state index is -1.35. The number of rotatable bonds is 6. The van der Waals surface area contributed by atoms with Crippen LogP contribution in [0.1, 0.15) is 29.8 Å². The van der Waals surface area contributed by atoms with Gasteiger partial charge in [0.05, 0.1) is 5.56 Å². The monoisotopic (exact) mass is 326 g/mol. The number of carbonyl (C=O) groups excluding carboxylic acids is 1. The summed E-state index contributed by atoms with van der Waals surface area (Å²) in [5.41, 5.74) is -0.459. The van der Waals surface area contributed by atoms with Gasteiger partial charge < -0.3 is 14.9 Å². The van der Waals surface area contributed by atoms with Crippen molar-refractivity contribution in [1.82, 2.24) is 0 Å². The Balaban J connectivity index is 2.16. The number of para-hydroxylation sites is 1. The molecule has 5 nitrogen and oxygen atoms in total. The van der Waals surface area contributed by atoms with Gasteiger partial charge in [-0.3, -0.25) is 4.79 Å². The molecule has 0 aliphatic heterocycles. The fourth-order valence-electron chi connectivity index (χ4n) is 1.96. The van der Waals surface area contributed by atoms with Gasteiger partial charge in [0.2, 0.25) is 0 Å². The Morgan fingerprint density at radius 3 is 2.46 bits per heavy atom. The highest BCUT2D eigenvalue weighted by Gasteiger charge is 2.29. The summed E-state index contributed by atoms with van der Waals surface area (Å²) >= 11 is 0. The number of carboxylic acids is 1. The van der Waals surface area contributed by atoms with Crippen LogP contribution in [0.2, 0.25) is 0 Å². The van der Waals surface area contributed by atoms with Crippen LogP contribution < -0.4 is 4.74 Å². The van der Waals surface area contributed by atoms with E-state index in [1.165, 1.54) is 32.1 Å². The van der Waals surface area contributed by atoms with Crippen LogP contribution in [0, 0.1) is 0 Å². The van der Waals surface area contributed by atoms with Crippen molar-refractivity contribution in [3.8, 4) is 11.5 Å². The molecule has 0 saturated carbocycles. The van der Waals surface area contributed by atoms with Crippen LogP contribution in [0.3, 0.4) is 0 Å². The molecule has 0 radical (unpaired) electrons. The van der Waals surface area contributed by atoms with Crippen LogP contribution in [-0.2, 0) is 4.79 Å². The molecule has 2 aromatic carbocycles. The molecule has 0 bridgehead atoms. The number of ether oxygens (including phenoxy) is 1. The van der Waals surface area contributed by atoms with Gasteiger partial charge in [0.25, 0.3) is 0 Å². The largest absolute Gasteiger partial charge is 0.507 e. The molecule has 0 saturated heterocycles. The summed E-state index contributed by atoms with van der Waals surface area (Å²) in [5, 5.41) is 18.8. The number of hydrogen-bond acceptors (Lipinski definition) is 4. The lowest BCUT2D eigenvalue weighted by molar-refractivity contribution is -0.152. The van der Waals surface area contributed by atoms with Gasteiger partial charge in [-0.1, -0.05) is 30.3 Å². The Hall–Kier alpha value is -3.08. The van der Waals surface area contributed by atoms with Crippen LogP contribution in [-0.4, -0.2) is 27.6 Å². The van der Waals surface area contributed by atoms with E-state index in [9.17, 15) is 14.7 Å². The number of hydrogen-bond donors (Lipinski definition) is 2. The van der Waals surface area contributed by atoms with E-state index < -0.39 is 11.6 Å². The lowest BCUT2D eigenvalue weighted by Gasteiger charge is -2.21. The number of carbonyl (C=O) groups is 2. The topological polar surface area (TPSA) is 83.8 Å². The van der Waals surface area contributed by atoms with Crippen LogP contribution in [0.15, 0.2) is 54.6 Å². The quantitative estimate of drug-likeness (QED) is 0.627. The molecule has 0 unspecified atom stereocenters. The summed E-state index contributed by atoms with van der Waals surface area (Å²) in [6.45, 7) is 2.92. The van der Waals surface area contributed by atoms with Gasteiger partial charge in [0, 0.05) is 0 Å². The maximum absolute atomic E-state index is 12.1. The molecular weight excluding hydrogens is 308 g/mol. The maximum atomic E-state index is 12.1. The molecule has 0 heterocycles. The first-order chi connectivity index (χ1) is 11.3. The molecule has 24 heavy (non-hydrogen) atoms. The smallest absolute Gasteiger partial charge is 0.347 e. The number of carboxylic acid groups (broad SMARTS) is 1. The number of ketones is 1. The van der Waals surface area contributed by atoms with Crippen molar-refractivity contribution in [2.75, 3.05) is 0 Å². The van der Waals surface area contributed by atoms with Gasteiger partial charge in [0.15, 0.2) is 11.4 Å². The average molecular weight is 326 g/mol. The van der Waals surface area contributed by atoms with E-state index >= 15 is 0 Å². The molecule has 0 aliphatic rings. The van der Waals surface area contributed by atoms with Crippen molar-refractivity contribution in [1.29, 1.82) is 0 Å². The number of phenols is 1. The average Bonchev–Trinajstić information content (AvgIpc) is 2.53. The van der Waals surface area contributed by atoms with Crippen molar-refractivity contribution >= 4 is 17.8 Å². The zero-order valence-corrected chi connectivity index (χ0v) is 13.4. The fourth-order valence-corrected chi connectivity index (χ4v) is 1.96. The minimum Gasteiger partial charge on any atom is -0.507 e. The summed E-state index contributed by atoms with van der Waals surface area (Å²) in [4.78, 5) is 23.2. The predicted molar refractivity (Wildman–Crippen MR) is 90.3 cm³/mol. The molecule has 124 valence electrons. The Labute approximate surface area is 139 Å². The third-order valence-electron chi connectivity index (χ3n) is 3.34. The van der Waals surface area contributed by atoms with Gasteiger partial charge in [-0.15, -0.1) is 0 Å². The van der Waals surface area contributed by atoms with E-state index in [4.69, 9.17) is 9.84 Å². The lowest BCUT2D eigenvalue weighted by Crippen LogP contribution is -2.37. The fraction of sp³-hybridized carbons (Fsp3) is 0.158. The van der Waals surface area contributed by atoms with Crippen molar-refractivity contribution < 1.29 is 24.5 Å². The molecular formula is C19H18O5. The molecule has 0 fully saturated rings. The summed E-state index contributed by atoms with van der Waals surface area (Å²) < 4.78 is 5.46. The third-order valence-corrected chi connectivity index (χ3v) is 3.34. The summed E-state index contributed by atoms with van der Waals surface area (Å²) in [5.74, 6) is -1.09. The molecule has 2 N–H and O–H groups in total. The van der Waals surface area contributed by atoms with E-state index in [-0.39, 0.29) is 17.1 Å². The second-order valence-corrected chi connectivity index (χ2v) is 5.70. The third kappa shape index (κ3) is 4.23. The molecule has 0 aliphatic carbocycles. The van der Waals surface area contributed by atoms with Gasteiger partial charge in [-0.25, -0.2) is 4.79 Å². The van der Waals surface area contributed by atoms with Crippen molar-refractivity contribution in [2.24, 2.45) is 0 Å². The molecule has 2 rings (SSSR count). The van der Waals surface area contributed by atoms with Gasteiger partial charge in [0.1, 0.15) is 11.5 Å². The SMILES string of the molecule is CC(C)(Oc1cccc(C=CC(=O)c2ccccc2O)c1)C(=O)O. The van der Waals surface area contributed by atoms with Gasteiger partial charge >= 0.3 is 5.97 Å². The van der Waals surface area contributed by atoms with Crippen LogP contribution in [0.5, 0.6) is 11.5 Å². The molecule has 0 atom stereocenters. The van der Waals surface area contributed by atoms with E-state index in [1.54, 1.807) is 42.5 Å². The lowest BCUT2D eigenvalue weighted by atomic mass is 10.1. The summed E-state index contributed by atoms with van der Waals surface area (Å²) in [6, 6.07) is 13.0. The highest BCUT2D eigenvalue weighted by molar-refractivity contribution is 6.08. The molecule has 0 aromatic heterocycles. The number of aliphatic carboxylic acids is 1. The van der Waals surface area contributed by atoms with Gasteiger partial charge in [-0.2, -0.15) is 0 Å². The first-order valence-corrected chi connectivity index (χ1v) is 7.32. The van der Waals surface area contributed by atoms with Crippen LogP contribution >= 0.6 is 0 Å². The van der Waals surface area contributed by atoms with Crippen molar-refractivity contribution in [3.63, 3.8) is 0 Å². The highest BCUT2D eigenvalue weighted by Crippen LogP contribution is 2.21. The zero-order chi connectivity index (χ0) is 17.7. The first kappa shape index (κ1) is 17.3. The standard InChI is InChI=1S/C19H18O5/c1-19(2,18(22)23)24-14-7-5-6-13(12-14)10-11-17(21)15-8-3-4-9-16(15)20/h3-12,20H,1-2H3,(H,22,23). The molecule has 0 spiro atoms. The Morgan fingerprint density at radius 1 is 1.08 bits per heavy atom. The maximum Gasteiger partial charge on any atom is 0.347 e. The normalized spacial score (nSPS) is 11.4. The number of aromatic hydroxyl groups is 1. The first-order valence-electron chi connectivity index (χ1n) is 7.32. The van der Waals surface area contributed by atoms with Gasteiger partial charge in [-0.05, 0) is 49.8 Å². The Kier molecular flexibility index (Phi) is 5.04. The van der Waals surface area contributed by atoms with Crippen molar-refractivity contribution in [2.45, 2.75) is 19.4 Å².